The van der Waals surface area contributed by atoms with Crippen LogP contribution in [0.25, 0.3) is 0 Å². The van der Waals surface area contributed by atoms with Gasteiger partial charge in [0.05, 0.1) is 11.7 Å². The minimum absolute atomic E-state index is 0.112. The predicted molar refractivity (Wildman–Crippen MR) is 93.9 cm³/mol. The van der Waals surface area contributed by atoms with Crippen LogP contribution in [0.2, 0.25) is 0 Å². The molecule has 1 aliphatic rings. The van der Waals surface area contributed by atoms with Crippen molar-refractivity contribution in [1.82, 2.24) is 9.88 Å². The Morgan fingerprint density at radius 1 is 1.25 bits per heavy atom. The summed E-state index contributed by atoms with van der Waals surface area (Å²) in [5.74, 6) is -0.735. The summed E-state index contributed by atoms with van der Waals surface area (Å²) >= 11 is 0. The van der Waals surface area contributed by atoms with Gasteiger partial charge in [0.25, 0.3) is 0 Å². The van der Waals surface area contributed by atoms with Crippen molar-refractivity contribution in [3.05, 3.63) is 65.5 Å². The van der Waals surface area contributed by atoms with Crippen LogP contribution < -0.4 is 0 Å². The quantitative estimate of drug-likeness (QED) is 0.912. The molecule has 1 aliphatic heterocycles. The SMILES string of the molecule is CCc1ccc(C(c2ccccn2)N2CCCCC2C(=O)O)cc1. The second kappa shape index (κ2) is 7.58. The molecule has 0 saturated carbocycles. The lowest BCUT2D eigenvalue weighted by atomic mass is 9.93. The lowest BCUT2D eigenvalue weighted by Crippen LogP contribution is -2.47. The summed E-state index contributed by atoms with van der Waals surface area (Å²) in [6.45, 7) is 2.92. The van der Waals surface area contributed by atoms with Crippen molar-refractivity contribution in [2.75, 3.05) is 6.54 Å². The number of nitrogens with zero attached hydrogens (tertiary/aromatic N) is 2. The first kappa shape index (κ1) is 16.7. The molecule has 2 heterocycles. The van der Waals surface area contributed by atoms with E-state index >= 15 is 0 Å². The van der Waals surface area contributed by atoms with Gasteiger partial charge in [-0.05, 0) is 49.1 Å². The van der Waals surface area contributed by atoms with Crippen LogP contribution in [0.1, 0.15) is 49.0 Å². The number of rotatable bonds is 5. The van der Waals surface area contributed by atoms with Crippen LogP contribution in [0.5, 0.6) is 0 Å². The number of piperidine rings is 1. The van der Waals surface area contributed by atoms with E-state index in [-0.39, 0.29) is 6.04 Å². The van der Waals surface area contributed by atoms with Gasteiger partial charge in [-0.1, -0.05) is 43.7 Å². The molecule has 0 aliphatic carbocycles. The third-order valence-electron chi connectivity index (χ3n) is 4.83. The van der Waals surface area contributed by atoms with Gasteiger partial charge in [0.1, 0.15) is 6.04 Å². The Bertz CT molecular complexity index is 670. The lowest BCUT2D eigenvalue weighted by Gasteiger charge is -2.39. The molecule has 126 valence electrons. The molecular formula is C20H24N2O2. The number of hydrogen-bond acceptors (Lipinski definition) is 3. The van der Waals surface area contributed by atoms with E-state index in [0.717, 1.165) is 37.1 Å². The zero-order valence-electron chi connectivity index (χ0n) is 14.1. The van der Waals surface area contributed by atoms with Crippen molar-refractivity contribution in [3.8, 4) is 0 Å². The summed E-state index contributed by atoms with van der Waals surface area (Å²) < 4.78 is 0. The molecule has 1 saturated heterocycles. The number of aryl methyl sites for hydroxylation is 1. The average Bonchev–Trinajstić information content (AvgIpc) is 2.64. The third kappa shape index (κ3) is 3.49. The molecule has 0 bridgehead atoms. The van der Waals surface area contributed by atoms with E-state index in [9.17, 15) is 9.90 Å². The highest BCUT2D eigenvalue weighted by molar-refractivity contribution is 5.73. The van der Waals surface area contributed by atoms with Crippen LogP contribution in [0.15, 0.2) is 48.7 Å². The van der Waals surface area contributed by atoms with Gasteiger partial charge in [0.2, 0.25) is 0 Å². The molecule has 4 nitrogen and oxygen atoms in total. The number of carbonyl (C=O) groups is 1. The highest BCUT2D eigenvalue weighted by Gasteiger charge is 2.35. The monoisotopic (exact) mass is 324 g/mol. The van der Waals surface area contributed by atoms with Crippen LogP contribution in [0.3, 0.4) is 0 Å². The number of carboxylic acids is 1. The van der Waals surface area contributed by atoms with E-state index in [1.54, 1.807) is 6.20 Å². The van der Waals surface area contributed by atoms with E-state index in [1.807, 2.05) is 18.2 Å². The van der Waals surface area contributed by atoms with Gasteiger partial charge in [-0.25, -0.2) is 0 Å². The van der Waals surface area contributed by atoms with Crippen LogP contribution in [0, 0.1) is 0 Å². The molecule has 3 rings (SSSR count). The van der Waals surface area contributed by atoms with Gasteiger partial charge in [-0.15, -0.1) is 0 Å². The molecule has 1 N–H and O–H groups in total. The Morgan fingerprint density at radius 3 is 2.67 bits per heavy atom. The fourth-order valence-corrected chi connectivity index (χ4v) is 3.53. The molecule has 4 heteroatoms. The maximum atomic E-state index is 11.8. The lowest BCUT2D eigenvalue weighted by molar-refractivity contribution is -0.145. The van der Waals surface area contributed by atoms with E-state index in [4.69, 9.17) is 0 Å². The average molecular weight is 324 g/mol. The Morgan fingerprint density at radius 2 is 2.04 bits per heavy atom. The number of carboxylic acid groups (broad SMARTS) is 1. The summed E-state index contributed by atoms with van der Waals surface area (Å²) in [6, 6.07) is 13.8. The second-order valence-corrected chi connectivity index (χ2v) is 6.34. The van der Waals surface area contributed by atoms with Crippen LogP contribution in [0.4, 0.5) is 0 Å². The van der Waals surface area contributed by atoms with Gasteiger partial charge in [-0.3, -0.25) is 14.7 Å². The minimum atomic E-state index is -0.735. The predicted octanol–water partition coefficient (Wildman–Crippen LogP) is 3.67. The molecule has 2 atom stereocenters. The zero-order valence-corrected chi connectivity index (χ0v) is 14.1. The number of aromatic nitrogens is 1. The normalized spacial score (nSPS) is 19.8. The number of aliphatic carboxylic acids is 1. The fourth-order valence-electron chi connectivity index (χ4n) is 3.53. The summed E-state index contributed by atoms with van der Waals surface area (Å²) in [4.78, 5) is 18.4. The second-order valence-electron chi connectivity index (χ2n) is 6.34. The maximum Gasteiger partial charge on any atom is 0.320 e. The van der Waals surface area contributed by atoms with E-state index in [0.29, 0.717) is 6.42 Å². The molecule has 1 aromatic carbocycles. The smallest absolute Gasteiger partial charge is 0.320 e. The van der Waals surface area contributed by atoms with Gasteiger partial charge in [-0.2, -0.15) is 0 Å². The van der Waals surface area contributed by atoms with Crippen molar-refractivity contribution >= 4 is 5.97 Å². The number of benzene rings is 1. The minimum Gasteiger partial charge on any atom is -0.480 e. The first-order chi connectivity index (χ1) is 11.7. The van der Waals surface area contributed by atoms with Crippen molar-refractivity contribution in [2.24, 2.45) is 0 Å². The van der Waals surface area contributed by atoms with Crippen molar-refractivity contribution in [2.45, 2.75) is 44.7 Å². The summed E-state index contributed by atoms with van der Waals surface area (Å²) in [7, 11) is 0. The van der Waals surface area contributed by atoms with Gasteiger partial charge in [0, 0.05) is 6.20 Å². The Kier molecular flexibility index (Phi) is 5.26. The van der Waals surface area contributed by atoms with E-state index in [1.165, 1.54) is 5.56 Å². The van der Waals surface area contributed by atoms with Crippen LogP contribution in [-0.2, 0) is 11.2 Å². The molecule has 0 spiro atoms. The van der Waals surface area contributed by atoms with Crippen molar-refractivity contribution in [3.63, 3.8) is 0 Å². The molecule has 0 radical (unpaired) electrons. The van der Waals surface area contributed by atoms with Gasteiger partial charge >= 0.3 is 5.97 Å². The molecule has 1 aromatic heterocycles. The molecular weight excluding hydrogens is 300 g/mol. The van der Waals surface area contributed by atoms with Crippen molar-refractivity contribution < 1.29 is 9.90 Å². The van der Waals surface area contributed by atoms with Gasteiger partial charge < -0.3 is 5.11 Å². The standard InChI is InChI=1S/C20H24N2O2/c1-2-15-9-11-16(12-10-15)19(17-7-3-5-13-21-17)22-14-6-4-8-18(22)20(23)24/h3,5,7,9-13,18-19H,2,4,6,8,14H2,1H3,(H,23,24). The molecule has 2 unspecified atom stereocenters. The molecule has 2 aromatic rings. The first-order valence-electron chi connectivity index (χ1n) is 8.69. The highest BCUT2D eigenvalue weighted by atomic mass is 16.4. The third-order valence-corrected chi connectivity index (χ3v) is 4.83. The summed E-state index contributed by atoms with van der Waals surface area (Å²) in [6.07, 6.45) is 5.47. The fraction of sp³-hybridized carbons (Fsp3) is 0.400. The molecule has 0 amide bonds. The Balaban J connectivity index is 2.02. The van der Waals surface area contributed by atoms with Gasteiger partial charge in [0.15, 0.2) is 0 Å². The molecule has 24 heavy (non-hydrogen) atoms. The Labute approximate surface area is 143 Å². The number of likely N-dealkylation sites (tertiary alicyclic amines) is 1. The number of pyridine rings is 1. The topological polar surface area (TPSA) is 53.4 Å². The van der Waals surface area contributed by atoms with Crippen LogP contribution in [-0.4, -0.2) is 33.5 Å². The molecule has 1 fully saturated rings. The Hall–Kier alpha value is -2.20. The highest BCUT2D eigenvalue weighted by Crippen LogP contribution is 2.33. The first-order valence-corrected chi connectivity index (χ1v) is 8.69. The van der Waals surface area contributed by atoms with E-state index in [2.05, 4.69) is 41.1 Å². The van der Waals surface area contributed by atoms with Crippen LogP contribution >= 0.6 is 0 Å². The summed E-state index contributed by atoms with van der Waals surface area (Å²) in [5.41, 5.74) is 3.31. The van der Waals surface area contributed by atoms with E-state index < -0.39 is 12.0 Å². The zero-order chi connectivity index (χ0) is 16.9. The summed E-state index contributed by atoms with van der Waals surface area (Å²) in [5, 5.41) is 9.67. The number of hydrogen-bond donors (Lipinski definition) is 1. The maximum absolute atomic E-state index is 11.8. The van der Waals surface area contributed by atoms with Crippen molar-refractivity contribution in [1.29, 1.82) is 0 Å². The largest absolute Gasteiger partial charge is 0.480 e.